The summed E-state index contributed by atoms with van der Waals surface area (Å²) in [7, 11) is -3.34. The molecule has 0 saturated heterocycles. The van der Waals surface area contributed by atoms with Gasteiger partial charge in [-0.3, -0.25) is 4.57 Å². The van der Waals surface area contributed by atoms with Gasteiger partial charge in [-0.15, -0.1) is 0 Å². The van der Waals surface area contributed by atoms with Gasteiger partial charge in [0.25, 0.3) is 0 Å². The Bertz CT molecular complexity index is 206. The van der Waals surface area contributed by atoms with Crippen LogP contribution < -0.4 is 0 Å². The minimum Gasteiger partial charge on any atom is -0.324 e. The third-order valence-corrected chi connectivity index (χ3v) is 4.95. The van der Waals surface area contributed by atoms with Crippen LogP contribution in [0.5, 0.6) is 0 Å². The molecular weight excluding hydrogens is 223 g/mol. The SMILES string of the molecule is CCCCCCCCOP(=O)(O)C(C)CC. The fourth-order valence-electron chi connectivity index (χ4n) is 1.44. The molecule has 98 valence electrons. The maximum atomic E-state index is 11.6. The van der Waals surface area contributed by atoms with Crippen LogP contribution in [-0.4, -0.2) is 17.2 Å². The zero-order valence-electron chi connectivity index (χ0n) is 10.9. The predicted molar refractivity (Wildman–Crippen MR) is 68.9 cm³/mol. The van der Waals surface area contributed by atoms with Gasteiger partial charge < -0.3 is 9.42 Å². The Morgan fingerprint density at radius 1 is 1.12 bits per heavy atom. The molecule has 0 aromatic rings. The van der Waals surface area contributed by atoms with E-state index in [9.17, 15) is 9.46 Å². The first-order chi connectivity index (χ1) is 7.54. The lowest BCUT2D eigenvalue weighted by Crippen LogP contribution is -2.05. The molecule has 0 aliphatic heterocycles. The van der Waals surface area contributed by atoms with Crippen LogP contribution in [0.15, 0.2) is 0 Å². The topological polar surface area (TPSA) is 46.5 Å². The monoisotopic (exact) mass is 250 g/mol. The van der Waals surface area contributed by atoms with Gasteiger partial charge in [-0.05, 0) is 12.8 Å². The molecule has 0 aromatic heterocycles. The van der Waals surface area contributed by atoms with Gasteiger partial charge in [-0.2, -0.15) is 0 Å². The van der Waals surface area contributed by atoms with E-state index in [0.717, 1.165) is 12.8 Å². The van der Waals surface area contributed by atoms with Crippen molar-refractivity contribution in [3.8, 4) is 0 Å². The zero-order chi connectivity index (χ0) is 12.4. The second-order valence-electron chi connectivity index (χ2n) is 4.42. The fraction of sp³-hybridized carbons (Fsp3) is 1.00. The van der Waals surface area contributed by atoms with E-state index >= 15 is 0 Å². The van der Waals surface area contributed by atoms with Gasteiger partial charge in [0.05, 0.1) is 12.3 Å². The van der Waals surface area contributed by atoms with Crippen molar-refractivity contribution in [2.45, 2.75) is 71.4 Å². The summed E-state index contributed by atoms with van der Waals surface area (Å²) in [5, 5.41) is 0. The minimum atomic E-state index is -3.34. The second kappa shape index (κ2) is 9.21. The molecule has 0 saturated carbocycles. The molecule has 0 aromatic carbocycles. The second-order valence-corrected chi connectivity index (χ2v) is 6.69. The van der Waals surface area contributed by atoms with E-state index < -0.39 is 7.60 Å². The van der Waals surface area contributed by atoms with Gasteiger partial charge >= 0.3 is 7.60 Å². The average molecular weight is 250 g/mol. The van der Waals surface area contributed by atoms with Crippen LogP contribution in [0.2, 0.25) is 0 Å². The summed E-state index contributed by atoms with van der Waals surface area (Å²) in [6.07, 6.45) is 7.67. The summed E-state index contributed by atoms with van der Waals surface area (Å²) in [5.41, 5.74) is -0.243. The summed E-state index contributed by atoms with van der Waals surface area (Å²) in [4.78, 5) is 9.56. The molecule has 0 amide bonds. The molecule has 0 rings (SSSR count). The van der Waals surface area contributed by atoms with Crippen molar-refractivity contribution in [1.29, 1.82) is 0 Å². The first-order valence-corrected chi connectivity index (χ1v) is 8.16. The van der Waals surface area contributed by atoms with E-state index in [1.807, 2.05) is 6.92 Å². The van der Waals surface area contributed by atoms with Crippen molar-refractivity contribution >= 4 is 7.60 Å². The highest BCUT2D eigenvalue weighted by Gasteiger charge is 2.26. The Hall–Kier alpha value is 0.150. The van der Waals surface area contributed by atoms with Gasteiger partial charge in [0.1, 0.15) is 0 Å². The van der Waals surface area contributed by atoms with Crippen LogP contribution in [0.25, 0.3) is 0 Å². The largest absolute Gasteiger partial charge is 0.330 e. The Labute approximate surface area is 100 Å². The van der Waals surface area contributed by atoms with E-state index in [2.05, 4.69) is 6.92 Å². The lowest BCUT2D eigenvalue weighted by molar-refractivity contribution is 0.245. The summed E-state index contributed by atoms with van der Waals surface area (Å²) in [6.45, 7) is 6.28. The smallest absolute Gasteiger partial charge is 0.324 e. The number of hydrogen-bond donors (Lipinski definition) is 1. The summed E-state index contributed by atoms with van der Waals surface area (Å²) in [6, 6.07) is 0. The van der Waals surface area contributed by atoms with Crippen molar-refractivity contribution in [3.05, 3.63) is 0 Å². The normalized spacial score (nSPS) is 17.0. The van der Waals surface area contributed by atoms with E-state index in [-0.39, 0.29) is 5.66 Å². The third-order valence-electron chi connectivity index (χ3n) is 2.92. The molecule has 4 heteroatoms. The first kappa shape index (κ1) is 16.1. The maximum Gasteiger partial charge on any atom is 0.330 e. The molecule has 0 radical (unpaired) electrons. The Kier molecular flexibility index (Phi) is 9.29. The molecule has 3 nitrogen and oxygen atoms in total. The van der Waals surface area contributed by atoms with E-state index in [4.69, 9.17) is 4.52 Å². The van der Waals surface area contributed by atoms with Crippen LogP contribution in [0.3, 0.4) is 0 Å². The highest BCUT2D eigenvalue weighted by atomic mass is 31.2. The first-order valence-electron chi connectivity index (χ1n) is 6.51. The number of unbranched alkanes of at least 4 members (excludes halogenated alkanes) is 5. The molecule has 0 bridgehead atoms. The van der Waals surface area contributed by atoms with Crippen LogP contribution in [0.1, 0.15) is 65.7 Å². The van der Waals surface area contributed by atoms with E-state index in [1.54, 1.807) is 6.92 Å². The van der Waals surface area contributed by atoms with Gasteiger partial charge in [0.2, 0.25) is 0 Å². The van der Waals surface area contributed by atoms with Gasteiger partial charge in [-0.1, -0.05) is 52.9 Å². The molecule has 2 unspecified atom stereocenters. The Balaban J connectivity index is 3.47. The lowest BCUT2D eigenvalue weighted by Gasteiger charge is -2.17. The molecular formula is C12H27O3P. The molecule has 0 heterocycles. The molecule has 16 heavy (non-hydrogen) atoms. The standard InChI is InChI=1S/C12H27O3P/c1-4-6-7-8-9-10-11-15-16(13,14)12(3)5-2/h12H,4-11H2,1-3H3,(H,13,14). The highest BCUT2D eigenvalue weighted by Crippen LogP contribution is 2.48. The third kappa shape index (κ3) is 7.43. The van der Waals surface area contributed by atoms with Crippen LogP contribution >= 0.6 is 7.60 Å². The fourth-order valence-corrected chi connectivity index (χ4v) is 2.54. The zero-order valence-corrected chi connectivity index (χ0v) is 11.8. The summed E-state index contributed by atoms with van der Waals surface area (Å²) >= 11 is 0. The molecule has 1 N–H and O–H groups in total. The van der Waals surface area contributed by atoms with Gasteiger partial charge in [-0.25, -0.2) is 0 Å². The van der Waals surface area contributed by atoms with E-state index in [1.165, 1.54) is 25.7 Å². The Morgan fingerprint density at radius 3 is 2.25 bits per heavy atom. The maximum absolute atomic E-state index is 11.6. The lowest BCUT2D eigenvalue weighted by atomic mass is 10.1. The molecule has 0 spiro atoms. The van der Waals surface area contributed by atoms with Crippen LogP contribution in [0.4, 0.5) is 0 Å². The Morgan fingerprint density at radius 2 is 1.69 bits per heavy atom. The summed E-state index contributed by atoms with van der Waals surface area (Å²) in [5.74, 6) is 0. The molecule has 0 aliphatic carbocycles. The van der Waals surface area contributed by atoms with Crippen LogP contribution in [-0.2, 0) is 9.09 Å². The van der Waals surface area contributed by atoms with Crippen LogP contribution in [0, 0.1) is 0 Å². The van der Waals surface area contributed by atoms with Crippen molar-refractivity contribution in [2.75, 3.05) is 6.61 Å². The van der Waals surface area contributed by atoms with Gasteiger partial charge in [0.15, 0.2) is 0 Å². The van der Waals surface area contributed by atoms with Crippen molar-refractivity contribution in [2.24, 2.45) is 0 Å². The van der Waals surface area contributed by atoms with Gasteiger partial charge in [0, 0.05) is 0 Å². The predicted octanol–water partition coefficient (Wildman–Crippen LogP) is 4.35. The van der Waals surface area contributed by atoms with Crippen molar-refractivity contribution < 1.29 is 14.0 Å². The number of rotatable bonds is 10. The molecule has 0 aliphatic rings. The minimum absolute atomic E-state index is 0.243. The van der Waals surface area contributed by atoms with Crippen molar-refractivity contribution in [1.82, 2.24) is 0 Å². The van der Waals surface area contributed by atoms with Crippen molar-refractivity contribution in [3.63, 3.8) is 0 Å². The van der Waals surface area contributed by atoms with E-state index in [0.29, 0.717) is 13.0 Å². The molecule has 2 atom stereocenters. The summed E-state index contributed by atoms with van der Waals surface area (Å²) < 4.78 is 16.7. The number of hydrogen-bond acceptors (Lipinski definition) is 2. The quantitative estimate of drug-likeness (QED) is 0.463. The average Bonchev–Trinajstić information content (AvgIpc) is 2.26. The highest BCUT2D eigenvalue weighted by molar-refractivity contribution is 7.53. The molecule has 0 fully saturated rings.